The zero-order valence-corrected chi connectivity index (χ0v) is 12.5. The van der Waals surface area contributed by atoms with Gasteiger partial charge in [0.2, 0.25) is 11.8 Å². The van der Waals surface area contributed by atoms with Gasteiger partial charge >= 0.3 is 0 Å². The molecule has 4 nitrogen and oxygen atoms in total. The minimum absolute atomic E-state index is 0.00884. The molecule has 0 radical (unpaired) electrons. The molecule has 2 amide bonds. The van der Waals surface area contributed by atoms with Gasteiger partial charge in [0.05, 0.1) is 24.0 Å². The lowest BCUT2D eigenvalue weighted by Gasteiger charge is -2.44. The van der Waals surface area contributed by atoms with Crippen LogP contribution in [0.1, 0.15) is 39.0 Å². The number of hydrogen-bond donors (Lipinski definition) is 1. The smallest absolute Gasteiger partial charge is 0.234 e. The number of hydrogen-bond acceptors (Lipinski definition) is 3. The van der Waals surface area contributed by atoms with E-state index in [1.807, 2.05) is 0 Å². The number of aliphatic hydroxyl groups excluding tert-OH is 1. The van der Waals surface area contributed by atoms with Gasteiger partial charge in [-0.25, -0.2) is 0 Å². The normalized spacial score (nSPS) is 48.3. The Morgan fingerprint density at radius 2 is 1.67 bits per heavy atom. The molecule has 21 heavy (non-hydrogen) atoms. The minimum atomic E-state index is -0.621. The Labute approximate surface area is 125 Å². The quantitative estimate of drug-likeness (QED) is 0.622. The van der Waals surface area contributed by atoms with Crippen LogP contribution >= 0.6 is 0 Å². The molecule has 1 heterocycles. The van der Waals surface area contributed by atoms with E-state index in [2.05, 4.69) is 19.1 Å². The number of rotatable bonds is 2. The highest BCUT2D eigenvalue weighted by Gasteiger charge is 2.63. The molecule has 1 saturated heterocycles. The summed E-state index contributed by atoms with van der Waals surface area (Å²) in [6.45, 7) is 2.12. The van der Waals surface area contributed by atoms with E-state index >= 15 is 0 Å². The van der Waals surface area contributed by atoms with Crippen molar-refractivity contribution >= 4 is 11.8 Å². The van der Waals surface area contributed by atoms with E-state index in [-0.39, 0.29) is 42.1 Å². The Kier molecular flexibility index (Phi) is 2.84. The molecule has 2 bridgehead atoms. The summed E-state index contributed by atoms with van der Waals surface area (Å²) in [7, 11) is 0. The van der Waals surface area contributed by atoms with Crippen molar-refractivity contribution in [3.05, 3.63) is 12.2 Å². The second kappa shape index (κ2) is 4.42. The van der Waals surface area contributed by atoms with E-state index in [4.69, 9.17) is 0 Å². The first-order valence-corrected chi connectivity index (χ1v) is 8.24. The molecule has 4 heteroatoms. The van der Waals surface area contributed by atoms with Crippen molar-refractivity contribution < 1.29 is 14.7 Å². The van der Waals surface area contributed by atoms with Crippen LogP contribution in [-0.4, -0.2) is 34.0 Å². The average molecular weight is 289 g/mol. The van der Waals surface area contributed by atoms with Gasteiger partial charge in [0.25, 0.3) is 0 Å². The molecular weight excluding hydrogens is 266 g/mol. The SMILES string of the molecule is CC1CCC(CO)(N2C(=O)C3C4C=CC(C4)C3C2=O)CC1. The maximum atomic E-state index is 12.9. The Bertz CT molecular complexity index is 488. The summed E-state index contributed by atoms with van der Waals surface area (Å²) < 4.78 is 0. The monoisotopic (exact) mass is 289 g/mol. The first-order chi connectivity index (χ1) is 10.1. The Hall–Kier alpha value is -1.16. The number of nitrogens with zero attached hydrogens (tertiary/aromatic N) is 1. The van der Waals surface area contributed by atoms with Crippen LogP contribution in [0.2, 0.25) is 0 Å². The molecule has 4 aliphatic rings. The average Bonchev–Trinajstić information content (AvgIpc) is 3.15. The van der Waals surface area contributed by atoms with E-state index in [9.17, 15) is 14.7 Å². The fraction of sp³-hybridized carbons (Fsp3) is 0.765. The first-order valence-electron chi connectivity index (χ1n) is 8.24. The van der Waals surface area contributed by atoms with Gasteiger partial charge in [-0.15, -0.1) is 0 Å². The number of allylic oxidation sites excluding steroid dienone is 2. The van der Waals surface area contributed by atoms with E-state index in [1.54, 1.807) is 0 Å². The third kappa shape index (κ3) is 1.65. The van der Waals surface area contributed by atoms with Gasteiger partial charge in [0.1, 0.15) is 0 Å². The molecule has 3 fully saturated rings. The zero-order chi connectivity index (χ0) is 14.8. The number of amides is 2. The Morgan fingerprint density at radius 1 is 1.14 bits per heavy atom. The molecule has 4 unspecified atom stereocenters. The maximum Gasteiger partial charge on any atom is 0.234 e. The van der Waals surface area contributed by atoms with Crippen LogP contribution in [0.3, 0.4) is 0 Å². The van der Waals surface area contributed by atoms with E-state index in [1.165, 1.54) is 4.90 Å². The number of carbonyl (C=O) groups excluding carboxylic acids is 2. The van der Waals surface area contributed by atoms with E-state index in [0.29, 0.717) is 5.92 Å². The molecule has 1 aliphatic heterocycles. The van der Waals surface area contributed by atoms with Crippen LogP contribution in [0.25, 0.3) is 0 Å². The lowest BCUT2D eigenvalue weighted by atomic mass is 9.76. The molecule has 3 aliphatic carbocycles. The zero-order valence-electron chi connectivity index (χ0n) is 12.5. The molecule has 4 atom stereocenters. The third-order valence-corrected chi connectivity index (χ3v) is 6.44. The molecule has 0 aromatic carbocycles. The van der Waals surface area contributed by atoms with E-state index in [0.717, 1.165) is 32.1 Å². The summed E-state index contributed by atoms with van der Waals surface area (Å²) in [6.07, 6.45) is 8.68. The van der Waals surface area contributed by atoms with Crippen molar-refractivity contribution in [3.63, 3.8) is 0 Å². The largest absolute Gasteiger partial charge is 0.394 e. The summed E-state index contributed by atoms with van der Waals surface area (Å²) >= 11 is 0. The predicted octanol–water partition coefficient (Wildman–Crippen LogP) is 1.73. The van der Waals surface area contributed by atoms with Crippen molar-refractivity contribution in [2.24, 2.45) is 29.6 Å². The van der Waals surface area contributed by atoms with Gasteiger partial charge < -0.3 is 5.11 Å². The summed E-state index contributed by atoms with van der Waals surface area (Å²) in [5, 5.41) is 9.97. The first kappa shape index (κ1) is 13.5. The Balaban J connectivity index is 1.67. The third-order valence-electron chi connectivity index (χ3n) is 6.44. The van der Waals surface area contributed by atoms with Crippen molar-refractivity contribution in [1.29, 1.82) is 0 Å². The van der Waals surface area contributed by atoms with Crippen LogP contribution in [0.15, 0.2) is 12.2 Å². The van der Waals surface area contributed by atoms with Gasteiger partial charge in [0, 0.05) is 0 Å². The van der Waals surface area contributed by atoms with Gasteiger partial charge in [-0.2, -0.15) is 0 Å². The topological polar surface area (TPSA) is 57.6 Å². The lowest BCUT2D eigenvalue weighted by Crippen LogP contribution is -2.56. The lowest BCUT2D eigenvalue weighted by molar-refractivity contribution is -0.152. The van der Waals surface area contributed by atoms with Crippen LogP contribution < -0.4 is 0 Å². The molecule has 1 N–H and O–H groups in total. The van der Waals surface area contributed by atoms with Gasteiger partial charge in [-0.3, -0.25) is 14.5 Å². The standard InChI is InChI=1S/C17H23NO3/c1-10-4-6-17(9-19,7-5-10)18-15(20)13-11-2-3-12(8-11)14(13)16(18)21/h2-3,10-14,19H,4-9H2,1H3. The highest BCUT2D eigenvalue weighted by atomic mass is 16.3. The predicted molar refractivity (Wildman–Crippen MR) is 77.0 cm³/mol. The van der Waals surface area contributed by atoms with Crippen LogP contribution in [0.4, 0.5) is 0 Å². The fourth-order valence-electron chi connectivity index (χ4n) is 5.12. The second-order valence-corrected chi connectivity index (χ2v) is 7.58. The van der Waals surface area contributed by atoms with Gasteiger partial charge in [-0.05, 0) is 49.9 Å². The summed E-state index contributed by atoms with van der Waals surface area (Å²) in [5.74, 6) is 0.815. The van der Waals surface area contributed by atoms with Crippen LogP contribution in [0, 0.1) is 29.6 Å². The number of aliphatic hydroxyl groups is 1. The van der Waals surface area contributed by atoms with Crippen LogP contribution in [-0.2, 0) is 9.59 Å². The molecule has 0 spiro atoms. The highest BCUT2D eigenvalue weighted by Crippen LogP contribution is 2.54. The Morgan fingerprint density at radius 3 is 2.14 bits per heavy atom. The maximum absolute atomic E-state index is 12.9. The fourth-order valence-corrected chi connectivity index (χ4v) is 5.12. The number of carbonyl (C=O) groups is 2. The van der Waals surface area contributed by atoms with Crippen molar-refractivity contribution in [1.82, 2.24) is 4.90 Å². The van der Waals surface area contributed by atoms with Gasteiger partial charge in [0.15, 0.2) is 0 Å². The number of imide groups is 1. The summed E-state index contributed by atoms with van der Waals surface area (Å²) in [5.41, 5.74) is -0.621. The van der Waals surface area contributed by atoms with Crippen LogP contribution in [0.5, 0.6) is 0 Å². The molecule has 114 valence electrons. The summed E-state index contributed by atoms with van der Waals surface area (Å²) in [4.78, 5) is 27.3. The molecule has 0 aromatic heterocycles. The number of fused-ring (bicyclic) bond motifs is 5. The van der Waals surface area contributed by atoms with Crippen molar-refractivity contribution in [3.8, 4) is 0 Å². The summed E-state index contributed by atoms with van der Waals surface area (Å²) in [6, 6.07) is 0. The second-order valence-electron chi connectivity index (χ2n) is 7.58. The highest BCUT2D eigenvalue weighted by molar-refractivity contribution is 6.07. The minimum Gasteiger partial charge on any atom is -0.394 e. The molecule has 4 rings (SSSR count). The molecule has 2 saturated carbocycles. The molecule has 0 aromatic rings. The van der Waals surface area contributed by atoms with Crippen molar-refractivity contribution in [2.45, 2.75) is 44.6 Å². The van der Waals surface area contributed by atoms with Crippen molar-refractivity contribution in [2.75, 3.05) is 6.61 Å². The number of likely N-dealkylation sites (tertiary alicyclic amines) is 1. The van der Waals surface area contributed by atoms with E-state index < -0.39 is 5.54 Å². The van der Waals surface area contributed by atoms with Gasteiger partial charge in [-0.1, -0.05) is 19.1 Å². The molecular formula is C17H23NO3.